The van der Waals surface area contributed by atoms with Crippen molar-refractivity contribution in [2.45, 2.75) is 5.41 Å². The maximum Gasteiger partial charge on any atom is 0.133 e. The van der Waals surface area contributed by atoms with Crippen molar-refractivity contribution in [2.75, 3.05) is 0 Å². The van der Waals surface area contributed by atoms with Gasteiger partial charge in [0.1, 0.15) is 11.5 Å². The van der Waals surface area contributed by atoms with Gasteiger partial charge in [0.05, 0.1) is 38.7 Å². The second-order valence-corrected chi connectivity index (χ2v) is 15.1. The first-order valence-corrected chi connectivity index (χ1v) is 19.2. The highest BCUT2D eigenvalue weighted by atomic mass is 16.5. The van der Waals surface area contributed by atoms with Gasteiger partial charge in [-0.2, -0.15) is 0 Å². The lowest BCUT2D eigenvalue weighted by atomic mass is 9.61. The molecule has 3 aromatic heterocycles. The van der Waals surface area contributed by atoms with E-state index in [2.05, 4.69) is 185 Å². The lowest BCUT2D eigenvalue weighted by molar-refractivity contribution is 0.435. The van der Waals surface area contributed by atoms with E-state index in [4.69, 9.17) is 9.72 Å². The molecule has 0 bridgehead atoms. The molecule has 5 heterocycles. The van der Waals surface area contributed by atoms with Crippen LogP contribution in [0.15, 0.2) is 188 Å². The van der Waals surface area contributed by atoms with Crippen molar-refractivity contribution in [2.24, 2.45) is 0 Å². The second kappa shape index (κ2) is 10.8. The molecule has 1 spiro atoms. The molecule has 4 nitrogen and oxygen atoms in total. The highest BCUT2D eigenvalue weighted by Gasteiger charge is 2.50. The van der Waals surface area contributed by atoms with Crippen LogP contribution < -0.4 is 4.74 Å². The minimum atomic E-state index is -0.647. The number of hydrogen-bond acceptors (Lipinski definition) is 2. The van der Waals surface area contributed by atoms with E-state index in [1.165, 1.54) is 44.0 Å². The van der Waals surface area contributed by atoms with Crippen LogP contribution in [0.3, 0.4) is 0 Å². The van der Waals surface area contributed by atoms with Crippen molar-refractivity contribution in [1.29, 1.82) is 0 Å². The van der Waals surface area contributed by atoms with Crippen LogP contribution in [0.5, 0.6) is 11.5 Å². The minimum Gasteiger partial charge on any atom is -0.457 e. The third kappa shape index (κ3) is 3.70. The van der Waals surface area contributed by atoms with Crippen molar-refractivity contribution in [3.05, 3.63) is 210 Å². The molecule has 0 N–H and O–H groups in total. The summed E-state index contributed by atoms with van der Waals surface area (Å²) in [6, 6.07) is 66.3. The lowest BCUT2D eigenvalue weighted by Crippen LogP contribution is -2.37. The number of pyridine rings is 1. The maximum atomic E-state index is 7.01. The zero-order valence-electron chi connectivity index (χ0n) is 30.1. The van der Waals surface area contributed by atoms with Gasteiger partial charge in [0, 0.05) is 55.5 Å². The van der Waals surface area contributed by atoms with Gasteiger partial charge in [-0.05, 0) is 71.3 Å². The van der Waals surface area contributed by atoms with E-state index in [0.29, 0.717) is 0 Å². The van der Waals surface area contributed by atoms with Crippen LogP contribution in [-0.2, 0) is 5.41 Å². The molecule has 0 radical (unpaired) electrons. The van der Waals surface area contributed by atoms with E-state index in [1.807, 2.05) is 12.3 Å². The van der Waals surface area contributed by atoms with Crippen molar-refractivity contribution >= 4 is 54.5 Å². The summed E-state index contributed by atoms with van der Waals surface area (Å²) < 4.78 is 11.9. The standard InChI is InChI=1S/C52H31N3O/c1-6-22-45-36(14-1)38-17-10-20-42-51(38)55(45)46-23-7-3-18-40(46)52(42)41-19-4-8-24-48(41)56-49-30-39-37-15-2-5-21-44(37)54(47(39)31-43(49)52)34-27-25-32(26-28-34)35-16-9-12-33-13-11-29-53-50(33)35/h1-31H. The molecule has 0 amide bonds. The predicted molar refractivity (Wildman–Crippen MR) is 228 cm³/mol. The lowest BCUT2D eigenvalue weighted by Gasteiger charge is -2.45. The number of aromatic nitrogens is 3. The molecule has 260 valence electrons. The van der Waals surface area contributed by atoms with Crippen LogP contribution in [0.2, 0.25) is 0 Å². The molecule has 11 aromatic rings. The summed E-state index contributed by atoms with van der Waals surface area (Å²) in [5, 5.41) is 6.01. The van der Waals surface area contributed by atoms with Gasteiger partial charge in [-0.3, -0.25) is 4.98 Å². The largest absolute Gasteiger partial charge is 0.457 e. The Morgan fingerprint density at radius 2 is 1.12 bits per heavy atom. The second-order valence-electron chi connectivity index (χ2n) is 15.1. The van der Waals surface area contributed by atoms with E-state index < -0.39 is 5.41 Å². The highest BCUT2D eigenvalue weighted by molar-refractivity contribution is 6.13. The first-order chi connectivity index (χ1) is 27.8. The Bertz CT molecular complexity index is 3460. The zero-order valence-corrected chi connectivity index (χ0v) is 30.1. The highest BCUT2D eigenvalue weighted by Crippen LogP contribution is 2.61. The summed E-state index contributed by atoms with van der Waals surface area (Å²) in [5.41, 5.74) is 14.5. The van der Waals surface area contributed by atoms with Gasteiger partial charge in [0.25, 0.3) is 0 Å². The summed E-state index contributed by atoms with van der Waals surface area (Å²) in [5.74, 6) is 1.77. The van der Waals surface area contributed by atoms with Gasteiger partial charge in [-0.25, -0.2) is 0 Å². The molecule has 1 unspecified atom stereocenters. The quantitative estimate of drug-likeness (QED) is 0.179. The summed E-state index contributed by atoms with van der Waals surface area (Å²) in [4.78, 5) is 4.75. The Hall–Kier alpha value is -7.43. The average molecular weight is 714 g/mol. The normalized spacial score (nSPS) is 15.4. The van der Waals surface area contributed by atoms with E-state index in [0.717, 1.165) is 66.8 Å². The molecule has 2 aliphatic heterocycles. The summed E-state index contributed by atoms with van der Waals surface area (Å²) in [6.07, 6.45) is 1.87. The fourth-order valence-electron chi connectivity index (χ4n) is 10.2. The van der Waals surface area contributed by atoms with Crippen molar-refractivity contribution in [3.63, 3.8) is 0 Å². The summed E-state index contributed by atoms with van der Waals surface area (Å²) in [6.45, 7) is 0. The van der Waals surface area contributed by atoms with Crippen LogP contribution in [0.4, 0.5) is 0 Å². The van der Waals surface area contributed by atoms with E-state index in [-0.39, 0.29) is 0 Å². The topological polar surface area (TPSA) is 32.0 Å². The Morgan fingerprint density at radius 3 is 2.00 bits per heavy atom. The molecule has 4 heteroatoms. The molecule has 1 atom stereocenters. The number of rotatable bonds is 2. The number of para-hydroxylation sites is 6. The smallest absolute Gasteiger partial charge is 0.133 e. The predicted octanol–water partition coefficient (Wildman–Crippen LogP) is 12.9. The van der Waals surface area contributed by atoms with Crippen molar-refractivity contribution in [3.8, 4) is 34.0 Å². The molecule has 0 fully saturated rings. The first-order valence-electron chi connectivity index (χ1n) is 19.2. The van der Waals surface area contributed by atoms with Gasteiger partial charge in [-0.15, -0.1) is 0 Å². The maximum absolute atomic E-state index is 7.01. The first kappa shape index (κ1) is 30.0. The molecule has 8 aromatic carbocycles. The Balaban J connectivity index is 1.13. The molecule has 0 aliphatic carbocycles. The van der Waals surface area contributed by atoms with E-state index in [9.17, 15) is 0 Å². The number of fused-ring (bicyclic) bond motifs is 15. The molecule has 56 heavy (non-hydrogen) atoms. The van der Waals surface area contributed by atoms with Crippen LogP contribution >= 0.6 is 0 Å². The van der Waals surface area contributed by atoms with Crippen molar-refractivity contribution in [1.82, 2.24) is 14.1 Å². The van der Waals surface area contributed by atoms with E-state index >= 15 is 0 Å². The van der Waals surface area contributed by atoms with Crippen LogP contribution in [0, 0.1) is 0 Å². The van der Waals surface area contributed by atoms with Crippen LogP contribution in [0.25, 0.3) is 77.0 Å². The van der Waals surface area contributed by atoms with Gasteiger partial charge < -0.3 is 13.9 Å². The Morgan fingerprint density at radius 1 is 0.446 bits per heavy atom. The minimum absolute atomic E-state index is 0.647. The van der Waals surface area contributed by atoms with Gasteiger partial charge in [-0.1, -0.05) is 127 Å². The molecule has 2 aliphatic rings. The van der Waals surface area contributed by atoms with Gasteiger partial charge in [0.2, 0.25) is 0 Å². The number of benzene rings is 8. The Labute approximate surface area is 322 Å². The monoisotopic (exact) mass is 713 g/mol. The van der Waals surface area contributed by atoms with E-state index in [1.54, 1.807) is 0 Å². The molecular weight excluding hydrogens is 683 g/mol. The number of ether oxygens (including phenoxy) is 1. The van der Waals surface area contributed by atoms with Crippen LogP contribution in [0.1, 0.15) is 22.3 Å². The number of nitrogens with zero attached hydrogens (tertiary/aromatic N) is 3. The zero-order chi connectivity index (χ0) is 36.5. The average Bonchev–Trinajstić information content (AvgIpc) is 3.77. The molecule has 13 rings (SSSR count). The number of hydrogen-bond donors (Lipinski definition) is 0. The molecule has 0 saturated carbocycles. The molecular formula is C52H31N3O. The third-order valence-corrected chi connectivity index (χ3v) is 12.4. The third-order valence-electron chi connectivity index (χ3n) is 12.4. The fourth-order valence-corrected chi connectivity index (χ4v) is 10.2. The van der Waals surface area contributed by atoms with Crippen LogP contribution in [-0.4, -0.2) is 14.1 Å². The summed E-state index contributed by atoms with van der Waals surface area (Å²) >= 11 is 0. The molecule has 0 saturated heterocycles. The van der Waals surface area contributed by atoms with Gasteiger partial charge >= 0.3 is 0 Å². The van der Waals surface area contributed by atoms with Crippen molar-refractivity contribution < 1.29 is 4.74 Å². The SMILES string of the molecule is c1ccc2c(c1)Oc1cc3c4ccccc4n(-c4ccc(-c5cccc6cccnc56)cc4)c3cc1C21c2ccccc2-n2c3ccccc3c3cccc1c32. The summed E-state index contributed by atoms with van der Waals surface area (Å²) in [7, 11) is 0. The fraction of sp³-hybridized carbons (Fsp3) is 0.0192. The van der Waals surface area contributed by atoms with Gasteiger partial charge in [0.15, 0.2) is 0 Å². The Kier molecular flexibility index (Phi) is 5.80.